The van der Waals surface area contributed by atoms with E-state index in [2.05, 4.69) is 10.2 Å². The molecule has 0 bridgehead atoms. The second-order valence-corrected chi connectivity index (χ2v) is 6.54. The fraction of sp³-hybridized carbons (Fsp3) is 0.500. The molecule has 94 valence electrons. The molecular formula is C12H18N2O2S. The van der Waals surface area contributed by atoms with Crippen molar-refractivity contribution in [1.82, 2.24) is 5.32 Å². The van der Waals surface area contributed by atoms with Gasteiger partial charge in [0.25, 0.3) is 0 Å². The molecule has 1 aliphatic rings. The van der Waals surface area contributed by atoms with Crippen LogP contribution in [0.25, 0.3) is 0 Å². The normalized spacial score (nSPS) is 20.5. The molecule has 1 atom stereocenters. The number of anilines is 1. The van der Waals surface area contributed by atoms with Crippen LogP contribution in [-0.4, -0.2) is 40.9 Å². The molecule has 1 aromatic carbocycles. The Labute approximate surface area is 103 Å². The molecule has 1 unspecified atom stereocenters. The van der Waals surface area contributed by atoms with Gasteiger partial charge in [-0.05, 0) is 37.2 Å². The van der Waals surface area contributed by atoms with Crippen LogP contribution in [0.1, 0.15) is 6.42 Å². The highest BCUT2D eigenvalue weighted by molar-refractivity contribution is 7.90. The second-order valence-electron chi connectivity index (χ2n) is 4.52. The summed E-state index contributed by atoms with van der Waals surface area (Å²) in [5, 5.41) is 3.32. The maximum absolute atomic E-state index is 11.3. The van der Waals surface area contributed by atoms with Gasteiger partial charge in [-0.2, -0.15) is 0 Å². The maximum atomic E-state index is 11.3. The smallest absolute Gasteiger partial charge is 0.175 e. The first kappa shape index (κ1) is 12.4. The summed E-state index contributed by atoms with van der Waals surface area (Å²) in [6, 6.07) is 7.58. The Morgan fingerprint density at radius 3 is 2.41 bits per heavy atom. The number of nitrogens with zero attached hydrogens (tertiary/aromatic N) is 1. The molecule has 0 spiro atoms. The van der Waals surface area contributed by atoms with Gasteiger partial charge in [-0.3, -0.25) is 0 Å². The van der Waals surface area contributed by atoms with Crippen LogP contribution in [0.3, 0.4) is 0 Å². The van der Waals surface area contributed by atoms with Crippen molar-refractivity contribution in [3.05, 3.63) is 24.3 Å². The number of benzene rings is 1. The van der Waals surface area contributed by atoms with Crippen molar-refractivity contribution in [2.75, 3.05) is 31.3 Å². The van der Waals surface area contributed by atoms with Gasteiger partial charge in [0.2, 0.25) is 0 Å². The first-order valence-corrected chi connectivity index (χ1v) is 7.61. The van der Waals surface area contributed by atoms with E-state index in [4.69, 9.17) is 0 Å². The Bertz CT molecular complexity index is 476. The van der Waals surface area contributed by atoms with Gasteiger partial charge in [-0.1, -0.05) is 0 Å². The molecule has 0 aromatic heterocycles. The number of hydrogen-bond acceptors (Lipinski definition) is 4. The zero-order valence-corrected chi connectivity index (χ0v) is 11.0. The summed E-state index contributed by atoms with van der Waals surface area (Å²) in [5.41, 5.74) is 1.06. The minimum Gasteiger partial charge on any atom is -0.370 e. The van der Waals surface area contributed by atoms with E-state index in [1.54, 1.807) is 12.1 Å². The first-order chi connectivity index (χ1) is 7.98. The number of hydrogen-bond donors (Lipinski definition) is 1. The average Bonchev–Trinajstić information content (AvgIpc) is 2.80. The van der Waals surface area contributed by atoms with E-state index in [9.17, 15) is 8.42 Å². The van der Waals surface area contributed by atoms with Crippen LogP contribution in [0, 0.1) is 0 Å². The van der Waals surface area contributed by atoms with Gasteiger partial charge in [0.15, 0.2) is 9.84 Å². The van der Waals surface area contributed by atoms with E-state index in [0.717, 1.165) is 25.2 Å². The molecule has 5 heteroatoms. The van der Waals surface area contributed by atoms with Gasteiger partial charge in [-0.15, -0.1) is 0 Å². The first-order valence-electron chi connectivity index (χ1n) is 5.72. The van der Waals surface area contributed by atoms with Crippen molar-refractivity contribution in [2.45, 2.75) is 17.4 Å². The molecule has 1 fully saturated rings. The van der Waals surface area contributed by atoms with Gasteiger partial charge < -0.3 is 10.2 Å². The molecule has 0 amide bonds. The van der Waals surface area contributed by atoms with Gasteiger partial charge in [0, 0.05) is 31.6 Å². The zero-order valence-electron chi connectivity index (χ0n) is 10.2. The van der Waals surface area contributed by atoms with E-state index in [0.29, 0.717) is 10.9 Å². The predicted octanol–water partition coefficient (Wildman–Crippen LogP) is 0.888. The number of rotatable bonds is 3. The molecule has 4 nitrogen and oxygen atoms in total. The zero-order chi connectivity index (χ0) is 12.5. The van der Waals surface area contributed by atoms with Gasteiger partial charge >= 0.3 is 0 Å². The second kappa shape index (κ2) is 4.66. The fourth-order valence-corrected chi connectivity index (χ4v) is 2.74. The van der Waals surface area contributed by atoms with Gasteiger partial charge in [0.1, 0.15) is 0 Å². The van der Waals surface area contributed by atoms with Crippen molar-refractivity contribution < 1.29 is 8.42 Å². The molecule has 0 radical (unpaired) electrons. The molecule has 1 heterocycles. The molecule has 1 aliphatic heterocycles. The van der Waals surface area contributed by atoms with Crippen LogP contribution >= 0.6 is 0 Å². The van der Waals surface area contributed by atoms with Crippen molar-refractivity contribution in [3.8, 4) is 0 Å². The van der Waals surface area contributed by atoms with E-state index in [1.807, 2.05) is 19.2 Å². The molecule has 2 rings (SSSR count). The third-order valence-electron chi connectivity index (χ3n) is 3.25. The Morgan fingerprint density at radius 1 is 1.29 bits per heavy atom. The summed E-state index contributed by atoms with van der Waals surface area (Å²) in [5.74, 6) is 0. The van der Waals surface area contributed by atoms with Crippen LogP contribution in [0.5, 0.6) is 0 Å². The maximum Gasteiger partial charge on any atom is 0.175 e. The monoisotopic (exact) mass is 254 g/mol. The van der Waals surface area contributed by atoms with Crippen molar-refractivity contribution >= 4 is 15.5 Å². The molecule has 1 saturated heterocycles. The Hall–Kier alpha value is -1.07. The van der Waals surface area contributed by atoms with E-state index in [-0.39, 0.29) is 0 Å². The minimum absolute atomic E-state index is 0.374. The minimum atomic E-state index is -3.10. The molecular weight excluding hydrogens is 236 g/mol. The highest BCUT2D eigenvalue weighted by atomic mass is 32.2. The van der Waals surface area contributed by atoms with E-state index in [1.165, 1.54) is 6.26 Å². The quantitative estimate of drug-likeness (QED) is 0.870. The van der Waals surface area contributed by atoms with Crippen molar-refractivity contribution in [1.29, 1.82) is 0 Å². The number of likely N-dealkylation sites (N-methyl/N-ethyl adjacent to an activating group) is 1. The summed E-state index contributed by atoms with van der Waals surface area (Å²) in [6.07, 6.45) is 2.36. The Morgan fingerprint density at radius 2 is 1.94 bits per heavy atom. The SMILES string of the molecule is CN(c1ccc(S(C)(=O)=O)cc1)C1CCNC1. The topological polar surface area (TPSA) is 49.4 Å². The summed E-state index contributed by atoms with van der Waals surface area (Å²) >= 11 is 0. The predicted molar refractivity (Wildman–Crippen MR) is 69.2 cm³/mol. The van der Waals surface area contributed by atoms with Crippen LogP contribution in [0.4, 0.5) is 5.69 Å². The molecule has 17 heavy (non-hydrogen) atoms. The van der Waals surface area contributed by atoms with Crippen LogP contribution in [-0.2, 0) is 9.84 Å². The fourth-order valence-electron chi connectivity index (χ4n) is 2.11. The Balaban J connectivity index is 2.17. The van der Waals surface area contributed by atoms with Crippen LogP contribution in [0.2, 0.25) is 0 Å². The lowest BCUT2D eigenvalue weighted by atomic mass is 10.2. The van der Waals surface area contributed by atoms with E-state index < -0.39 is 9.84 Å². The highest BCUT2D eigenvalue weighted by Gasteiger charge is 2.19. The summed E-state index contributed by atoms with van der Waals surface area (Å²) in [6.45, 7) is 2.04. The Kier molecular flexibility index (Phi) is 3.40. The van der Waals surface area contributed by atoms with Crippen molar-refractivity contribution in [3.63, 3.8) is 0 Å². The molecule has 0 aliphatic carbocycles. The van der Waals surface area contributed by atoms with Gasteiger partial charge in [0.05, 0.1) is 4.90 Å². The highest BCUT2D eigenvalue weighted by Crippen LogP contribution is 2.20. The summed E-state index contributed by atoms with van der Waals surface area (Å²) in [4.78, 5) is 2.57. The largest absolute Gasteiger partial charge is 0.370 e. The summed E-state index contributed by atoms with van der Waals surface area (Å²) in [7, 11) is -1.05. The number of sulfone groups is 1. The lowest BCUT2D eigenvalue weighted by Gasteiger charge is -2.26. The summed E-state index contributed by atoms with van der Waals surface area (Å²) < 4.78 is 22.7. The molecule has 1 N–H and O–H groups in total. The van der Waals surface area contributed by atoms with Crippen LogP contribution < -0.4 is 10.2 Å². The average molecular weight is 254 g/mol. The van der Waals surface area contributed by atoms with Gasteiger partial charge in [-0.25, -0.2) is 8.42 Å². The third kappa shape index (κ3) is 2.79. The van der Waals surface area contributed by atoms with Crippen LogP contribution in [0.15, 0.2) is 29.2 Å². The molecule has 1 aromatic rings. The third-order valence-corrected chi connectivity index (χ3v) is 4.38. The lowest BCUT2D eigenvalue weighted by Crippen LogP contribution is -2.33. The van der Waals surface area contributed by atoms with Crippen molar-refractivity contribution in [2.24, 2.45) is 0 Å². The standard InChI is InChI=1S/C12H18N2O2S/c1-14(11-7-8-13-9-11)10-3-5-12(6-4-10)17(2,15)16/h3-6,11,13H,7-9H2,1-2H3. The number of nitrogens with one attached hydrogen (secondary N) is 1. The van der Waals surface area contributed by atoms with E-state index >= 15 is 0 Å². The molecule has 0 saturated carbocycles. The lowest BCUT2D eigenvalue weighted by molar-refractivity contribution is 0.602.